The number of likely N-dealkylation sites (tertiary alicyclic amines) is 2. The lowest BCUT2D eigenvalue weighted by Gasteiger charge is -2.50. The number of amides is 2. The van der Waals surface area contributed by atoms with E-state index in [1.165, 1.54) is 11.0 Å². The first-order valence-corrected chi connectivity index (χ1v) is 7.91. The van der Waals surface area contributed by atoms with E-state index in [-0.39, 0.29) is 25.7 Å². The van der Waals surface area contributed by atoms with Crippen molar-refractivity contribution in [2.24, 2.45) is 0 Å². The molecule has 0 spiro atoms. The molecule has 0 radical (unpaired) electrons. The number of carbonyl (C=O) groups excluding carboxylic acids is 2. The number of β-amino-alcohol motifs (C(OH)–C–C–N with tert-alkyl or cyclic N) is 1. The van der Waals surface area contributed by atoms with Crippen LogP contribution in [-0.4, -0.2) is 70.6 Å². The third-order valence-electron chi connectivity index (χ3n) is 4.01. The fraction of sp³-hybridized carbons (Fsp3) is 0.750. The monoisotopic (exact) mass is 326 g/mol. The minimum absolute atomic E-state index is 0.140. The lowest BCUT2D eigenvalue weighted by Crippen LogP contribution is -2.71. The summed E-state index contributed by atoms with van der Waals surface area (Å²) in [5, 5.41) is 10.8. The van der Waals surface area contributed by atoms with Gasteiger partial charge in [-0.25, -0.2) is 9.59 Å². The molecule has 0 aromatic carbocycles. The molecule has 2 rings (SSSR count). The first kappa shape index (κ1) is 17.6. The molecule has 0 aromatic heterocycles. The Labute approximate surface area is 136 Å². The highest BCUT2D eigenvalue weighted by atomic mass is 16.6. The molecule has 130 valence electrons. The van der Waals surface area contributed by atoms with Crippen LogP contribution in [0.4, 0.5) is 9.59 Å². The van der Waals surface area contributed by atoms with Crippen molar-refractivity contribution in [1.82, 2.24) is 9.80 Å². The minimum atomic E-state index is -1.10. The van der Waals surface area contributed by atoms with E-state index in [2.05, 4.69) is 6.58 Å². The maximum Gasteiger partial charge on any atom is 0.410 e. The highest BCUT2D eigenvalue weighted by Crippen LogP contribution is 2.35. The van der Waals surface area contributed by atoms with Gasteiger partial charge >= 0.3 is 12.2 Å². The minimum Gasteiger partial charge on any atom is -0.445 e. The molecule has 0 bridgehead atoms. The van der Waals surface area contributed by atoms with Crippen LogP contribution in [-0.2, 0) is 9.47 Å². The van der Waals surface area contributed by atoms with Crippen LogP contribution in [0, 0.1) is 0 Å². The first-order chi connectivity index (χ1) is 10.7. The Morgan fingerprint density at radius 2 is 2.00 bits per heavy atom. The first-order valence-electron chi connectivity index (χ1n) is 7.91. The Bertz CT molecular complexity index is 479. The number of aliphatic hydroxyl groups is 1. The van der Waals surface area contributed by atoms with Crippen LogP contribution in [0.25, 0.3) is 0 Å². The van der Waals surface area contributed by atoms with Gasteiger partial charge in [0.05, 0.1) is 19.1 Å². The number of ether oxygens (including phenoxy) is 2. The largest absolute Gasteiger partial charge is 0.445 e. The molecular weight excluding hydrogens is 300 g/mol. The topological polar surface area (TPSA) is 79.3 Å². The maximum absolute atomic E-state index is 12.3. The molecule has 2 heterocycles. The molecule has 2 saturated heterocycles. The van der Waals surface area contributed by atoms with E-state index < -0.39 is 23.4 Å². The van der Waals surface area contributed by atoms with E-state index in [0.29, 0.717) is 13.0 Å². The van der Waals surface area contributed by atoms with Crippen molar-refractivity contribution < 1.29 is 24.2 Å². The molecule has 0 saturated carbocycles. The van der Waals surface area contributed by atoms with Crippen molar-refractivity contribution in [3.8, 4) is 0 Å². The lowest BCUT2D eigenvalue weighted by atomic mass is 9.85. The highest BCUT2D eigenvalue weighted by Gasteiger charge is 2.54. The third kappa shape index (κ3) is 3.96. The van der Waals surface area contributed by atoms with Gasteiger partial charge in [0.2, 0.25) is 0 Å². The predicted octanol–water partition coefficient (Wildman–Crippen LogP) is 1.76. The van der Waals surface area contributed by atoms with Crippen molar-refractivity contribution in [2.75, 3.05) is 26.2 Å². The summed E-state index contributed by atoms with van der Waals surface area (Å²) in [6.07, 6.45) is 2.11. The van der Waals surface area contributed by atoms with Gasteiger partial charge in [0.1, 0.15) is 17.8 Å². The second-order valence-electron chi connectivity index (χ2n) is 7.16. The van der Waals surface area contributed by atoms with Gasteiger partial charge in [-0.2, -0.15) is 0 Å². The van der Waals surface area contributed by atoms with Gasteiger partial charge in [-0.15, -0.1) is 0 Å². The molecule has 0 aromatic rings. The predicted molar refractivity (Wildman–Crippen MR) is 84.0 cm³/mol. The second-order valence-corrected chi connectivity index (χ2v) is 7.16. The standard InChI is InChI=1S/C16H26N2O5/c1-5-9-22-13(19)17-10-16(21,11-17)12-7-6-8-18(12)14(20)23-15(2,3)4/h5,12,21H,1,6-11H2,2-4H3. The molecule has 2 aliphatic heterocycles. The van der Waals surface area contributed by atoms with Crippen molar-refractivity contribution in [1.29, 1.82) is 0 Å². The van der Waals surface area contributed by atoms with Gasteiger partial charge < -0.3 is 24.4 Å². The fourth-order valence-corrected chi connectivity index (χ4v) is 3.04. The van der Waals surface area contributed by atoms with Crippen LogP contribution in [0.1, 0.15) is 33.6 Å². The molecule has 23 heavy (non-hydrogen) atoms. The van der Waals surface area contributed by atoms with Crippen molar-refractivity contribution >= 4 is 12.2 Å². The van der Waals surface area contributed by atoms with Gasteiger partial charge in [0.25, 0.3) is 0 Å². The van der Waals surface area contributed by atoms with E-state index in [0.717, 1.165) is 6.42 Å². The van der Waals surface area contributed by atoms with Crippen LogP contribution in [0.3, 0.4) is 0 Å². The van der Waals surface area contributed by atoms with Crippen molar-refractivity contribution in [3.63, 3.8) is 0 Å². The Balaban J connectivity index is 1.94. The Hall–Kier alpha value is -1.76. The zero-order valence-corrected chi connectivity index (χ0v) is 14.1. The summed E-state index contributed by atoms with van der Waals surface area (Å²) in [6.45, 7) is 9.93. The average Bonchev–Trinajstić information content (AvgIpc) is 2.89. The van der Waals surface area contributed by atoms with Crippen LogP contribution in [0.2, 0.25) is 0 Å². The lowest BCUT2D eigenvalue weighted by molar-refractivity contribution is -0.127. The van der Waals surface area contributed by atoms with Crippen LogP contribution < -0.4 is 0 Å². The zero-order valence-electron chi connectivity index (χ0n) is 14.1. The maximum atomic E-state index is 12.3. The van der Waals surface area contributed by atoms with E-state index >= 15 is 0 Å². The number of hydrogen-bond donors (Lipinski definition) is 1. The summed E-state index contributed by atoms with van der Waals surface area (Å²) >= 11 is 0. The summed E-state index contributed by atoms with van der Waals surface area (Å²) in [4.78, 5) is 27.0. The Morgan fingerprint density at radius 1 is 1.35 bits per heavy atom. The molecule has 1 atom stereocenters. The molecule has 7 heteroatoms. The van der Waals surface area contributed by atoms with Gasteiger partial charge in [0.15, 0.2) is 0 Å². The number of rotatable bonds is 3. The van der Waals surface area contributed by atoms with Gasteiger partial charge in [-0.05, 0) is 33.6 Å². The summed E-state index contributed by atoms with van der Waals surface area (Å²) in [6, 6.07) is -0.333. The summed E-state index contributed by atoms with van der Waals surface area (Å²) < 4.78 is 10.3. The Kier molecular flexibility index (Phi) is 4.89. The second kappa shape index (κ2) is 6.39. The van der Waals surface area contributed by atoms with Crippen molar-refractivity contribution in [3.05, 3.63) is 12.7 Å². The van der Waals surface area contributed by atoms with Crippen LogP contribution in [0.15, 0.2) is 12.7 Å². The normalized spacial score (nSPS) is 23.2. The quantitative estimate of drug-likeness (QED) is 0.799. The molecule has 2 aliphatic rings. The van der Waals surface area contributed by atoms with Gasteiger partial charge in [0, 0.05) is 6.54 Å². The molecule has 2 fully saturated rings. The number of hydrogen-bond acceptors (Lipinski definition) is 5. The van der Waals surface area contributed by atoms with Crippen molar-refractivity contribution in [2.45, 2.75) is 50.9 Å². The number of carbonyl (C=O) groups is 2. The molecule has 2 amide bonds. The molecule has 1 unspecified atom stereocenters. The van der Waals surface area contributed by atoms with Gasteiger partial charge in [-0.1, -0.05) is 12.7 Å². The summed E-state index contributed by atoms with van der Waals surface area (Å²) in [5.41, 5.74) is -1.67. The van der Waals surface area contributed by atoms with E-state index in [1.54, 1.807) is 4.90 Å². The van der Waals surface area contributed by atoms with E-state index in [1.807, 2.05) is 20.8 Å². The fourth-order valence-electron chi connectivity index (χ4n) is 3.04. The summed E-state index contributed by atoms with van der Waals surface area (Å²) in [5.74, 6) is 0. The third-order valence-corrected chi connectivity index (χ3v) is 4.01. The SMILES string of the molecule is C=CCOC(=O)N1CC(O)(C2CCCN2C(=O)OC(C)(C)C)C1. The number of nitrogens with zero attached hydrogens (tertiary/aromatic N) is 2. The van der Waals surface area contributed by atoms with Crippen LogP contribution in [0.5, 0.6) is 0 Å². The molecule has 1 N–H and O–H groups in total. The Morgan fingerprint density at radius 3 is 2.57 bits per heavy atom. The highest BCUT2D eigenvalue weighted by molar-refractivity contribution is 5.71. The average molecular weight is 326 g/mol. The summed E-state index contributed by atoms with van der Waals surface area (Å²) in [7, 11) is 0. The van der Waals surface area contributed by atoms with Crippen LogP contribution >= 0.6 is 0 Å². The molecule has 7 nitrogen and oxygen atoms in total. The smallest absolute Gasteiger partial charge is 0.410 e. The van der Waals surface area contributed by atoms with E-state index in [4.69, 9.17) is 9.47 Å². The molecular formula is C16H26N2O5. The zero-order chi connectivity index (χ0) is 17.3. The van der Waals surface area contributed by atoms with Gasteiger partial charge in [-0.3, -0.25) is 0 Å². The van der Waals surface area contributed by atoms with E-state index in [9.17, 15) is 14.7 Å². The molecule has 0 aliphatic carbocycles.